The lowest BCUT2D eigenvalue weighted by Gasteiger charge is -2.27. The van der Waals surface area contributed by atoms with E-state index in [1.807, 2.05) is 0 Å². The van der Waals surface area contributed by atoms with Crippen LogP contribution in [-0.2, 0) is 24.7 Å². The van der Waals surface area contributed by atoms with Crippen LogP contribution in [-0.4, -0.2) is 42.8 Å². The summed E-state index contributed by atoms with van der Waals surface area (Å²) in [6.45, 7) is 0.627. The Bertz CT molecular complexity index is 717. The number of benzene rings is 2. The summed E-state index contributed by atoms with van der Waals surface area (Å²) < 4.78 is 10.6. The van der Waals surface area contributed by atoms with Gasteiger partial charge in [-0.15, -0.1) is 0 Å². The maximum atomic E-state index is 12.8. The number of aliphatic hydroxyl groups is 1. The Labute approximate surface area is 158 Å². The van der Waals surface area contributed by atoms with E-state index in [1.165, 1.54) is 0 Å². The number of rotatable bonds is 7. The lowest BCUT2D eigenvalue weighted by molar-refractivity contribution is -0.164. The Kier molecular flexibility index (Phi) is 6.21. The first-order valence-corrected chi connectivity index (χ1v) is 8.99. The minimum absolute atomic E-state index is 0.00946. The summed E-state index contributed by atoms with van der Waals surface area (Å²) in [4.78, 5) is 24.7. The van der Waals surface area contributed by atoms with Crippen LogP contribution in [0.2, 0.25) is 0 Å². The highest BCUT2D eigenvalue weighted by atomic mass is 16.6. The first kappa shape index (κ1) is 19.1. The number of amides is 1. The van der Waals surface area contributed by atoms with Gasteiger partial charge in [-0.2, -0.15) is 0 Å². The van der Waals surface area contributed by atoms with Crippen molar-refractivity contribution < 1.29 is 24.2 Å². The highest BCUT2D eigenvalue weighted by Crippen LogP contribution is 2.30. The van der Waals surface area contributed by atoms with Gasteiger partial charge in [0.15, 0.2) is 6.61 Å². The summed E-state index contributed by atoms with van der Waals surface area (Å²) in [5, 5.41) is 13.9. The van der Waals surface area contributed by atoms with Gasteiger partial charge in [0.2, 0.25) is 5.60 Å². The zero-order valence-corrected chi connectivity index (χ0v) is 15.0. The zero-order valence-electron chi connectivity index (χ0n) is 15.0. The molecule has 142 valence electrons. The first-order valence-electron chi connectivity index (χ1n) is 8.99. The summed E-state index contributed by atoms with van der Waals surface area (Å²) in [6, 6.07) is 17.1. The van der Waals surface area contributed by atoms with Gasteiger partial charge in [-0.05, 0) is 24.0 Å². The van der Waals surface area contributed by atoms with Crippen LogP contribution in [0.1, 0.15) is 24.0 Å². The molecule has 1 aliphatic heterocycles. The topological polar surface area (TPSA) is 84.9 Å². The molecule has 1 aliphatic rings. The molecule has 1 fully saturated rings. The standard InChI is InChI=1S/C21H23NO5/c23-19(22-14-18-12-7-13-26-18)15-27-20(24)21(25,16-8-3-1-4-9-16)17-10-5-2-6-11-17/h1-6,8-11,18,25H,7,12-15H2,(H,22,23). The number of hydrogen-bond donors (Lipinski definition) is 2. The van der Waals surface area contributed by atoms with Crippen LogP contribution in [0.4, 0.5) is 0 Å². The van der Waals surface area contributed by atoms with Gasteiger partial charge in [-0.25, -0.2) is 4.79 Å². The Hall–Kier alpha value is -2.70. The smallest absolute Gasteiger partial charge is 0.348 e. The predicted molar refractivity (Wildman–Crippen MR) is 98.8 cm³/mol. The molecule has 27 heavy (non-hydrogen) atoms. The molecule has 1 amide bonds. The normalized spacial score (nSPS) is 16.7. The number of nitrogens with one attached hydrogen (secondary N) is 1. The van der Waals surface area contributed by atoms with Crippen molar-refractivity contribution in [2.45, 2.75) is 24.5 Å². The third kappa shape index (κ3) is 4.53. The van der Waals surface area contributed by atoms with E-state index in [1.54, 1.807) is 60.7 Å². The van der Waals surface area contributed by atoms with E-state index in [2.05, 4.69) is 5.32 Å². The van der Waals surface area contributed by atoms with Crippen molar-refractivity contribution in [2.75, 3.05) is 19.8 Å². The number of esters is 1. The second kappa shape index (κ2) is 8.79. The summed E-state index contributed by atoms with van der Waals surface area (Å²) in [7, 11) is 0. The molecule has 3 rings (SSSR count). The number of ether oxygens (including phenoxy) is 2. The van der Waals surface area contributed by atoms with E-state index in [4.69, 9.17) is 9.47 Å². The molecule has 2 N–H and O–H groups in total. The number of carbonyl (C=O) groups is 2. The Morgan fingerprint density at radius 1 is 1.07 bits per heavy atom. The van der Waals surface area contributed by atoms with Gasteiger partial charge < -0.3 is 19.9 Å². The van der Waals surface area contributed by atoms with Crippen LogP contribution in [0.15, 0.2) is 60.7 Å². The van der Waals surface area contributed by atoms with Gasteiger partial charge in [-0.1, -0.05) is 60.7 Å². The van der Waals surface area contributed by atoms with E-state index in [0.29, 0.717) is 24.3 Å². The fourth-order valence-electron chi connectivity index (χ4n) is 3.08. The maximum Gasteiger partial charge on any atom is 0.348 e. The first-order chi connectivity index (χ1) is 13.1. The van der Waals surface area contributed by atoms with Crippen molar-refractivity contribution in [3.63, 3.8) is 0 Å². The second-order valence-electron chi connectivity index (χ2n) is 6.46. The SMILES string of the molecule is O=C(COC(=O)C(O)(c1ccccc1)c1ccccc1)NCC1CCCO1. The van der Waals surface area contributed by atoms with Crippen LogP contribution in [0.25, 0.3) is 0 Å². The summed E-state index contributed by atoms with van der Waals surface area (Å²) in [5.74, 6) is -1.32. The molecule has 2 aromatic carbocycles. The molecule has 1 unspecified atom stereocenters. The van der Waals surface area contributed by atoms with Crippen molar-refractivity contribution in [2.24, 2.45) is 0 Å². The Morgan fingerprint density at radius 3 is 2.19 bits per heavy atom. The number of carbonyl (C=O) groups excluding carboxylic acids is 2. The average Bonchev–Trinajstić information content (AvgIpc) is 3.25. The second-order valence-corrected chi connectivity index (χ2v) is 6.46. The molecule has 0 bridgehead atoms. The third-order valence-electron chi connectivity index (χ3n) is 4.56. The molecule has 6 nitrogen and oxygen atoms in total. The lowest BCUT2D eigenvalue weighted by atomic mass is 9.86. The third-order valence-corrected chi connectivity index (χ3v) is 4.56. The van der Waals surface area contributed by atoms with Crippen molar-refractivity contribution in [3.8, 4) is 0 Å². The molecule has 0 spiro atoms. The van der Waals surface area contributed by atoms with E-state index >= 15 is 0 Å². The van der Waals surface area contributed by atoms with E-state index in [0.717, 1.165) is 12.8 Å². The fourth-order valence-corrected chi connectivity index (χ4v) is 3.08. The van der Waals surface area contributed by atoms with E-state index < -0.39 is 24.1 Å². The molecule has 0 radical (unpaired) electrons. The molecular formula is C21H23NO5. The monoisotopic (exact) mass is 369 g/mol. The highest BCUT2D eigenvalue weighted by molar-refractivity contribution is 5.88. The molecule has 1 saturated heterocycles. The van der Waals surface area contributed by atoms with Gasteiger partial charge >= 0.3 is 5.97 Å². The van der Waals surface area contributed by atoms with Crippen LogP contribution >= 0.6 is 0 Å². The van der Waals surface area contributed by atoms with E-state index in [-0.39, 0.29) is 6.10 Å². The maximum absolute atomic E-state index is 12.8. The Balaban J connectivity index is 1.67. The predicted octanol–water partition coefficient (Wildman–Crippen LogP) is 1.76. The van der Waals surface area contributed by atoms with Gasteiger partial charge in [-0.3, -0.25) is 4.79 Å². The van der Waals surface area contributed by atoms with E-state index in [9.17, 15) is 14.7 Å². The minimum Gasteiger partial charge on any atom is -0.453 e. The van der Waals surface area contributed by atoms with Crippen LogP contribution in [0.3, 0.4) is 0 Å². The van der Waals surface area contributed by atoms with Crippen molar-refractivity contribution in [1.29, 1.82) is 0 Å². The molecule has 0 aromatic heterocycles. The summed E-state index contributed by atoms with van der Waals surface area (Å²) in [5.41, 5.74) is -1.24. The minimum atomic E-state index is -1.99. The van der Waals surface area contributed by atoms with Crippen LogP contribution in [0.5, 0.6) is 0 Å². The average molecular weight is 369 g/mol. The molecule has 2 aromatic rings. The molecule has 0 saturated carbocycles. The van der Waals surface area contributed by atoms with Crippen molar-refractivity contribution in [1.82, 2.24) is 5.32 Å². The van der Waals surface area contributed by atoms with Crippen molar-refractivity contribution in [3.05, 3.63) is 71.8 Å². The molecular weight excluding hydrogens is 346 g/mol. The van der Waals surface area contributed by atoms with Crippen molar-refractivity contribution >= 4 is 11.9 Å². The van der Waals surface area contributed by atoms with Crippen LogP contribution < -0.4 is 5.32 Å². The van der Waals surface area contributed by atoms with Gasteiger partial charge in [0.05, 0.1) is 6.10 Å². The summed E-state index contributed by atoms with van der Waals surface area (Å²) >= 11 is 0. The van der Waals surface area contributed by atoms with Crippen LogP contribution in [0, 0.1) is 0 Å². The highest BCUT2D eigenvalue weighted by Gasteiger charge is 2.41. The van der Waals surface area contributed by atoms with Gasteiger partial charge in [0, 0.05) is 13.2 Å². The largest absolute Gasteiger partial charge is 0.453 e. The molecule has 0 aliphatic carbocycles. The van der Waals surface area contributed by atoms with Gasteiger partial charge in [0.25, 0.3) is 5.91 Å². The fraction of sp³-hybridized carbons (Fsp3) is 0.333. The number of hydrogen-bond acceptors (Lipinski definition) is 5. The summed E-state index contributed by atoms with van der Waals surface area (Å²) in [6.07, 6.45) is 1.90. The van der Waals surface area contributed by atoms with Gasteiger partial charge in [0.1, 0.15) is 0 Å². The molecule has 1 heterocycles. The molecule has 1 atom stereocenters. The molecule has 6 heteroatoms. The zero-order chi connectivity index (χ0) is 19.1. The Morgan fingerprint density at radius 2 is 1.67 bits per heavy atom. The lowest BCUT2D eigenvalue weighted by Crippen LogP contribution is -2.41. The quantitative estimate of drug-likeness (QED) is 0.727.